The third-order valence-electron chi connectivity index (χ3n) is 2.96. The van der Waals surface area contributed by atoms with Crippen LogP contribution in [0.1, 0.15) is 40.0 Å². The molecule has 1 aliphatic carbocycles. The lowest BCUT2D eigenvalue weighted by Gasteiger charge is -2.37. The Balaban J connectivity index is 2.49. The van der Waals surface area contributed by atoms with Gasteiger partial charge in [0.05, 0.1) is 12.7 Å². The number of hydrogen-bond donors (Lipinski definition) is 0. The lowest BCUT2D eigenvalue weighted by Crippen LogP contribution is -2.38. The lowest BCUT2D eigenvalue weighted by molar-refractivity contribution is -0.130. The van der Waals surface area contributed by atoms with Crippen LogP contribution in [-0.4, -0.2) is 18.5 Å². The molecule has 0 saturated heterocycles. The fraction of sp³-hybridized carbons (Fsp3) is 0.750. The fourth-order valence-corrected chi connectivity index (χ4v) is 1.76. The maximum Gasteiger partial charge on any atom is 0.135 e. The van der Waals surface area contributed by atoms with E-state index >= 15 is 0 Å². The van der Waals surface area contributed by atoms with Crippen molar-refractivity contribution in [2.75, 3.05) is 6.61 Å². The van der Waals surface area contributed by atoms with E-state index in [0.717, 1.165) is 12.8 Å². The van der Waals surface area contributed by atoms with Crippen molar-refractivity contribution in [2.24, 2.45) is 5.41 Å². The Labute approximate surface area is 86.3 Å². The molecule has 14 heavy (non-hydrogen) atoms. The smallest absolute Gasteiger partial charge is 0.135 e. The SMILES string of the molecule is C/C=C/COC1CC(=O)CCC1(C)C. The van der Waals surface area contributed by atoms with Gasteiger partial charge in [-0.2, -0.15) is 0 Å². The Kier molecular flexibility index (Phi) is 3.87. The van der Waals surface area contributed by atoms with E-state index in [1.807, 2.05) is 19.1 Å². The van der Waals surface area contributed by atoms with Gasteiger partial charge in [-0.05, 0) is 18.8 Å². The van der Waals surface area contributed by atoms with Crippen LogP contribution in [0.3, 0.4) is 0 Å². The summed E-state index contributed by atoms with van der Waals surface area (Å²) in [5.41, 5.74) is 0.148. The summed E-state index contributed by atoms with van der Waals surface area (Å²) < 4.78 is 5.70. The summed E-state index contributed by atoms with van der Waals surface area (Å²) in [6, 6.07) is 0. The standard InChI is InChI=1S/C12H20O2/c1-4-5-8-14-11-9-10(13)6-7-12(11,2)3/h4-5,11H,6-9H2,1-3H3/b5-4+. The third-order valence-corrected chi connectivity index (χ3v) is 2.96. The van der Waals surface area contributed by atoms with Crippen LogP contribution in [0.2, 0.25) is 0 Å². The van der Waals surface area contributed by atoms with E-state index in [1.54, 1.807) is 0 Å². The molecule has 1 atom stereocenters. The summed E-state index contributed by atoms with van der Waals surface area (Å²) in [7, 11) is 0. The van der Waals surface area contributed by atoms with Gasteiger partial charge in [0, 0.05) is 12.8 Å². The molecule has 0 aromatic carbocycles. The average molecular weight is 196 g/mol. The zero-order valence-electron chi connectivity index (χ0n) is 9.38. The highest BCUT2D eigenvalue weighted by Crippen LogP contribution is 2.35. The molecule has 2 nitrogen and oxygen atoms in total. The summed E-state index contributed by atoms with van der Waals surface area (Å²) in [5, 5.41) is 0. The molecule has 0 aromatic rings. The van der Waals surface area contributed by atoms with Gasteiger partial charge in [-0.1, -0.05) is 26.0 Å². The molecular formula is C12H20O2. The summed E-state index contributed by atoms with van der Waals surface area (Å²) in [6.45, 7) is 6.96. The van der Waals surface area contributed by atoms with Crippen molar-refractivity contribution in [1.29, 1.82) is 0 Å². The topological polar surface area (TPSA) is 26.3 Å². The number of rotatable bonds is 3. The molecule has 1 unspecified atom stereocenters. The maximum absolute atomic E-state index is 11.3. The number of hydrogen-bond acceptors (Lipinski definition) is 2. The largest absolute Gasteiger partial charge is 0.373 e. The molecule has 0 N–H and O–H groups in total. The molecule has 1 rings (SSSR count). The van der Waals surface area contributed by atoms with Crippen molar-refractivity contribution in [3.05, 3.63) is 12.2 Å². The van der Waals surface area contributed by atoms with Gasteiger partial charge in [0.15, 0.2) is 0 Å². The fourth-order valence-electron chi connectivity index (χ4n) is 1.76. The van der Waals surface area contributed by atoms with Crippen LogP contribution in [0, 0.1) is 5.41 Å². The van der Waals surface area contributed by atoms with Crippen molar-refractivity contribution in [1.82, 2.24) is 0 Å². The highest BCUT2D eigenvalue weighted by molar-refractivity contribution is 5.79. The Morgan fingerprint density at radius 2 is 2.29 bits per heavy atom. The van der Waals surface area contributed by atoms with E-state index in [2.05, 4.69) is 13.8 Å². The number of allylic oxidation sites excluding steroid dienone is 1. The Hall–Kier alpha value is -0.630. The molecule has 0 amide bonds. The summed E-state index contributed by atoms with van der Waals surface area (Å²) in [4.78, 5) is 11.3. The van der Waals surface area contributed by atoms with Crippen LogP contribution in [0.25, 0.3) is 0 Å². The summed E-state index contributed by atoms with van der Waals surface area (Å²) in [5.74, 6) is 0.342. The number of carbonyl (C=O) groups is 1. The number of carbonyl (C=O) groups excluding carboxylic acids is 1. The highest BCUT2D eigenvalue weighted by Gasteiger charge is 2.36. The molecule has 0 spiro atoms. The van der Waals surface area contributed by atoms with Gasteiger partial charge < -0.3 is 4.74 Å². The zero-order valence-corrected chi connectivity index (χ0v) is 9.38. The predicted molar refractivity (Wildman–Crippen MR) is 57.2 cm³/mol. The molecule has 2 heteroatoms. The second-order valence-corrected chi connectivity index (χ2v) is 4.62. The molecule has 1 aliphatic rings. The van der Waals surface area contributed by atoms with E-state index in [0.29, 0.717) is 18.8 Å². The van der Waals surface area contributed by atoms with Crippen molar-refractivity contribution in [3.8, 4) is 0 Å². The van der Waals surface area contributed by atoms with Crippen LogP contribution in [0.5, 0.6) is 0 Å². The number of ketones is 1. The van der Waals surface area contributed by atoms with Crippen LogP contribution >= 0.6 is 0 Å². The molecule has 0 bridgehead atoms. The molecule has 0 heterocycles. The second-order valence-electron chi connectivity index (χ2n) is 4.62. The van der Waals surface area contributed by atoms with Crippen molar-refractivity contribution >= 4 is 5.78 Å². The van der Waals surface area contributed by atoms with Gasteiger partial charge in [0.25, 0.3) is 0 Å². The van der Waals surface area contributed by atoms with E-state index in [-0.39, 0.29) is 11.5 Å². The molecule has 0 aromatic heterocycles. The minimum Gasteiger partial charge on any atom is -0.373 e. The molecule has 1 fully saturated rings. The minimum atomic E-state index is 0.0972. The van der Waals surface area contributed by atoms with Gasteiger partial charge in [-0.25, -0.2) is 0 Å². The molecule has 0 aliphatic heterocycles. The normalized spacial score (nSPS) is 27.1. The molecular weight excluding hydrogens is 176 g/mol. The first-order valence-corrected chi connectivity index (χ1v) is 5.31. The Bertz CT molecular complexity index is 228. The number of Topliss-reactive ketones (excluding diaryl/α,β-unsaturated/α-hetero) is 1. The first-order valence-electron chi connectivity index (χ1n) is 5.31. The van der Waals surface area contributed by atoms with E-state index in [4.69, 9.17) is 4.74 Å². The summed E-state index contributed by atoms with van der Waals surface area (Å²) in [6.07, 6.45) is 6.31. The van der Waals surface area contributed by atoms with E-state index in [9.17, 15) is 4.79 Å². The van der Waals surface area contributed by atoms with Crippen LogP contribution in [0.4, 0.5) is 0 Å². The quantitative estimate of drug-likeness (QED) is 0.649. The van der Waals surface area contributed by atoms with Gasteiger partial charge >= 0.3 is 0 Å². The van der Waals surface area contributed by atoms with Crippen molar-refractivity contribution in [2.45, 2.75) is 46.1 Å². The van der Waals surface area contributed by atoms with E-state index < -0.39 is 0 Å². The third kappa shape index (κ3) is 2.95. The summed E-state index contributed by atoms with van der Waals surface area (Å²) >= 11 is 0. The van der Waals surface area contributed by atoms with Gasteiger partial charge in [-0.3, -0.25) is 4.79 Å². The van der Waals surface area contributed by atoms with Crippen LogP contribution in [-0.2, 0) is 9.53 Å². The maximum atomic E-state index is 11.3. The first kappa shape index (κ1) is 11.4. The highest BCUT2D eigenvalue weighted by atomic mass is 16.5. The first-order chi connectivity index (χ1) is 6.56. The van der Waals surface area contributed by atoms with Crippen LogP contribution < -0.4 is 0 Å². The Morgan fingerprint density at radius 1 is 1.57 bits per heavy atom. The Morgan fingerprint density at radius 3 is 2.93 bits per heavy atom. The monoisotopic (exact) mass is 196 g/mol. The predicted octanol–water partition coefficient (Wildman–Crippen LogP) is 2.73. The average Bonchev–Trinajstić information content (AvgIpc) is 2.12. The molecule has 80 valence electrons. The van der Waals surface area contributed by atoms with Gasteiger partial charge in [0.1, 0.15) is 5.78 Å². The number of ether oxygens (including phenoxy) is 1. The second kappa shape index (κ2) is 4.74. The van der Waals surface area contributed by atoms with Crippen molar-refractivity contribution < 1.29 is 9.53 Å². The van der Waals surface area contributed by atoms with Crippen LogP contribution in [0.15, 0.2) is 12.2 Å². The van der Waals surface area contributed by atoms with E-state index in [1.165, 1.54) is 0 Å². The van der Waals surface area contributed by atoms with Gasteiger partial charge in [-0.15, -0.1) is 0 Å². The van der Waals surface area contributed by atoms with Crippen molar-refractivity contribution in [3.63, 3.8) is 0 Å². The molecule has 0 radical (unpaired) electrons. The minimum absolute atomic E-state index is 0.0972. The molecule has 1 saturated carbocycles. The van der Waals surface area contributed by atoms with Gasteiger partial charge in [0.2, 0.25) is 0 Å². The zero-order chi connectivity index (χ0) is 10.6. The lowest BCUT2D eigenvalue weighted by atomic mass is 9.74.